The maximum absolute atomic E-state index is 12.7. The van der Waals surface area contributed by atoms with Crippen molar-refractivity contribution >= 4 is 27.1 Å². The van der Waals surface area contributed by atoms with E-state index in [1.165, 1.54) is 13.8 Å². The molecule has 1 aliphatic heterocycles. The minimum Gasteiger partial charge on any atom is -0.744 e. The molecule has 2 aromatic heterocycles. The number of hydrogen-bond acceptors (Lipinski definition) is 5. The van der Waals surface area contributed by atoms with E-state index in [2.05, 4.69) is 0 Å². The summed E-state index contributed by atoms with van der Waals surface area (Å²) in [7, 11) is -4.72. The van der Waals surface area contributed by atoms with Gasteiger partial charge in [-0.1, -0.05) is 6.92 Å². The SMILES string of the molecule is CCC1=C(C)C(=O)n2c1cc1c(C)c(S(=O)(=O)[O-])c(C)n1c2=O.[Na+]. The molecule has 3 rings (SSSR count). The molecule has 0 spiro atoms. The first-order valence-corrected chi connectivity index (χ1v) is 8.50. The molecule has 0 fully saturated rings. The number of rotatable bonds is 2. The fraction of sp³-hybridized carbons (Fsp3) is 0.333. The predicted octanol–water partition coefficient (Wildman–Crippen LogP) is -1.54. The summed E-state index contributed by atoms with van der Waals surface area (Å²) in [5.41, 5.74) is 1.66. The minimum atomic E-state index is -4.72. The van der Waals surface area contributed by atoms with Crippen molar-refractivity contribution in [3.63, 3.8) is 0 Å². The van der Waals surface area contributed by atoms with E-state index in [9.17, 15) is 22.6 Å². The van der Waals surface area contributed by atoms with E-state index in [0.29, 0.717) is 23.2 Å². The number of carbonyl (C=O) groups excluding carboxylic acids is 1. The summed E-state index contributed by atoms with van der Waals surface area (Å²) in [4.78, 5) is 24.7. The average molecular weight is 358 g/mol. The number of nitrogens with zero attached hydrogens (tertiary/aromatic N) is 2. The maximum atomic E-state index is 12.7. The van der Waals surface area contributed by atoms with Crippen LogP contribution in [-0.4, -0.2) is 27.8 Å². The number of fused-ring (bicyclic) bond motifs is 2. The third kappa shape index (κ3) is 2.36. The van der Waals surface area contributed by atoms with Crippen LogP contribution in [0.1, 0.15) is 42.0 Å². The Kier molecular flexibility index (Phi) is 4.75. The minimum absolute atomic E-state index is 0. The van der Waals surface area contributed by atoms with Gasteiger partial charge in [-0.2, -0.15) is 0 Å². The Morgan fingerprint density at radius 2 is 1.75 bits per heavy atom. The molecule has 24 heavy (non-hydrogen) atoms. The first-order chi connectivity index (χ1) is 10.6. The molecule has 122 valence electrons. The molecule has 0 aromatic carbocycles. The van der Waals surface area contributed by atoms with Crippen molar-refractivity contribution in [2.24, 2.45) is 0 Å². The van der Waals surface area contributed by atoms with Crippen LogP contribution in [0, 0.1) is 13.8 Å². The summed E-state index contributed by atoms with van der Waals surface area (Å²) < 4.78 is 36.6. The topological polar surface area (TPSA) is 101 Å². The largest absolute Gasteiger partial charge is 1.00 e. The summed E-state index contributed by atoms with van der Waals surface area (Å²) >= 11 is 0. The van der Waals surface area contributed by atoms with Gasteiger partial charge in [0, 0.05) is 11.3 Å². The van der Waals surface area contributed by atoms with Gasteiger partial charge >= 0.3 is 35.2 Å². The molecule has 0 saturated carbocycles. The zero-order chi connectivity index (χ0) is 17.3. The molecule has 3 heterocycles. The molecule has 0 unspecified atom stereocenters. The molecule has 0 radical (unpaired) electrons. The van der Waals surface area contributed by atoms with Gasteiger partial charge in [-0.25, -0.2) is 17.8 Å². The maximum Gasteiger partial charge on any atom is 1.00 e. The van der Waals surface area contributed by atoms with Crippen molar-refractivity contribution in [1.82, 2.24) is 8.97 Å². The zero-order valence-electron chi connectivity index (χ0n) is 14.1. The molecule has 0 saturated heterocycles. The van der Waals surface area contributed by atoms with E-state index in [4.69, 9.17) is 0 Å². The second-order valence-corrected chi connectivity index (χ2v) is 6.94. The second kappa shape index (κ2) is 5.96. The summed E-state index contributed by atoms with van der Waals surface area (Å²) in [6.07, 6.45) is 0.568. The molecule has 2 aromatic rings. The van der Waals surface area contributed by atoms with Crippen molar-refractivity contribution in [3.8, 4) is 0 Å². The molecule has 0 atom stereocenters. The van der Waals surface area contributed by atoms with Gasteiger partial charge in [0.15, 0.2) is 0 Å². The Bertz CT molecular complexity index is 1090. The molecule has 0 aliphatic carbocycles. The van der Waals surface area contributed by atoms with Crippen LogP contribution in [0.15, 0.2) is 21.3 Å². The zero-order valence-corrected chi connectivity index (χ0v) is 16.9. The number of allylic oxidation sites excluding steroid dienone is 2. The summed E-state index contributed by atoms with van der Waals surface area (Å²) in [6, 6.07) is 1.60. The van der Waals surface area contributed by atoms with E-state index in [1.807, 2.05) is 6.92 Å². The van der Waals surface area contributed by atoms with Gasteiger partial charge in [0.25, 0.3) is 5.91 Å². The van der Waals surface area contributed by atoms with E-state index < -0.39 is 26.6 Å². The number of aryl methyl sites for hydroxylation is 2. The van der Waals surface area contributed by atoms with Crippen LogP contribution in [-0.2, 0) is 10.1 Å². The molecule has 9 heteroatoms. The number of hydrogen-bond donors (Lipinski definition) is 0. The Balaban J connectivity index is 0.00000208. The predicted molar refractivity (Wildman–Crippen MR) is 82.6 cm³/mol. The Labute approximate surface area is 161 Å². The van der Waals surface area contributed by atoms with Crippen LogP contribution >= 0.6 is 0 Å². The Hall–Kier alpha value is -1.19. The van der Waals surface area contributed by atoms with Crippen LogP contribution in [0.3, 0.4) is 0 Å². The Morgan fingerprint density at radius 3 is 2.25 bits per heavy atom. The third-order valence-electron chi connectivity index (χ3n) is 4.42. The fourth-order valence-electron chi connectivity index (χ4n) is 3.38. The van der Waals surface area contributed by atoms with Gasteiger partial charge in [0.2, 0.25) is 0 Å². The van der Waals surface area contributed by atoms with Crippen LogP contribution < -0.4 is 35.2 Å². The Morgan fingerprint density at radius 1 is 1.17 bits per heavy atom. The van der Waals surface area contributed by atoms with Gasteiger partial charge in [0.05, 0.1) is 16.1 Å². The number of carbonyl (C=O) groups is 1. The summed E-state index contributed by atoms with van der Waals surface area (Å²) in [6.45, 7) is 6.42. The first kappa shape index (κ1) is 19.1. The summed E-state index contributed by atoms with van der Waals surface area (Å²) in [5, 5.41) is 0. The quantitative estimate of drug-likeness (QED) is 0.479. The van der Waals surface area contributed by atoms with E-state index in [-0.39, 0.29) is 40.8 Å². The molecule has 7 nitrogen and oxygen atoms in total. The second-order valence-electron chi connectivity index (χ2n) is 5.62. The fourth-order valence-corrected chi connectivity index (χ4v) is 4.31. The van der Waals surface area contributed by atoms with Crippen molar-refractivity contribution < 1.29 is 47.3 Å². The normalized spacial score (nSPS) is 14.3. The van der Waals surface area contributed by atoms with E-state index >= 15 is 0 Å². The smallest absolute Gasteiger partial charge is 0.744 e. The van der Waals surface area contributed by atoms with Crippen molar-refractivity contribution in [2.75, 3.05) is 0 Å². The monoisotopic (exact) mass is 358 g/mol. The molecule has 0 N–H and O–H groups in total. The van der Waals surface area contributed by atoms with Crippen molar-refractivity contribution in [3.05, 3.63) is 39.1 Å². The van der Waals surface area contributed by atoms with Gasteiger partial charge in [-0.05, 0) is 44.4 Å². The first-order valence-electron chi connectivity index (χ1n) is 7.09. The molecule has 0 amide bonds. The van der Waals surface area contributed by atoms with Gasteiger partial charge in [-0.3, -0.25) is 9.20 Å². The van der Waals surface area contributed by atoms with E-state index in [0.717, 1.165) is 14.5 Å². The molecular formula is C15H15N2NaO5S. The van der Waals surface area contributed by atoms with Gasteiger partial charge < -0.3 is 4.55 Å². The van der Waals surface area contributed by atoms with Crippen LogP contribution in [0.2, 0.25) is 0 Å². The van der Waals surface area contributed by atoms with Crippen LogP contribution in [0.25, 0.3) is 11.1 Å². The van der Waals surface area contributed by atoms with Gasteiger partial charge in [-0.15, -0.1) is 0 Å². The summed E-state index contributed by atoms with van der Waals surface area (Å²) in [5.74, 6) is -0.416. The standard InChI is InChI=1S/C15H16N2O5S.Na/c1-5-10-7(2)14(18)17-12(10)6-11-8(3)13(23(20,21)22)9(4)16(11)15(17)19;/h6H,5H2,1-4H3,(H,20,21,22);/q;+1/p-1. The molecule has 0 bridgehead atoms. The van der Waals surface area contributed by atoms with Gasteiger partial charge in [0.1, 0.15) is 10.1 Å². The van der Waals surface area contributed by atoms with Crippen LogP contribution in [0.4, 0.5) is 0 Å². The third-order valence-corrected chi connectivity index (χ3v) is 5.52. The number of aromatic nitrogens is 2. The van der Waals surface area contributed by atoms with Crippen LogP contribution in [0.5, 0.6) is 0 Å². The average Bonchev–Trinajstić information content (AvgIpc) is 2.83. The molecular weight excluding hydrogens is 343 g/mol. The van der Waals surface area contributed by atoms with Crippen molar-refractivity contribution in [1.29, 1.82) is 0 Å². The van der Waals surface area contributed by atoms with Crippen molar-refractivity contribution in [2.45, 2.75) is 39.0 Å². The van der Waals surface area contributed by atoms with E-state index in [1.54, 1.807) is 13.0 Å². The molecule has 1 aliphatic rings.